The highest BCUT2D eigenvalue weighted by Gasteiger charge is 2.09. The summed E-state index contributed by atoms with van der Waals surface area (Å²) in [6.45, 7) is 1.89. The number of aromatic nitrogens is 5. The molecule has 0 amide bonds. The molecule has 0 spiro atoms. The number of anilines is 2. The van der Waals surface area contributed by atoms with Gasteiger partial charge in [-0.2, -0.15) is 0 Å². The maximum atomic E-state index is 6.21. The summed E-state index contributed by atoms with van der Waals surface area (Å²) in [5.41, 5.74) is 1.69. The molecule has 4 aromatic rings. The van der Waals surface area contributed by atoms with Crippen LogP contribution in [0, 0.1) is 6.92 Å². The first-order chi connectivity index (χ1) is 12.7. The molecule has 0 bridgehead atoms. The molecular formula is C18H13ClN6S. The van der Waals surface area contributed by atoms with Crippen molar-refractivity contribution >= 4 is 45.9 Å². The third kappa shape index (κ3) is 3.58. The van der Waals surface area contributed by atoms with Crippen molar-refractivity contribution in [2.24, 2.45) is 0 Å². The Balaban J connectivity index is 1.70. The second-order valence-electron chi connectivity index (χ2n) is 5.46. The maximum absolute atomic E-state index is 6.21. The smallest absolute Gasteiger partial charge is 0.150 e. The van der Waals surface area contributed by atoms with E-state index in [2.05, 4.69) is 30.2 Å². The summed E-state index contributed by atoms with van der Waals surface area (Å²) in [5.74, 6) is 1.30. The molecule has 1 aromatic carbocycles. The van der Waals surface area contributed by atoms with Crippen LogP contribution in [0.4, 0.5) is 11.6 Å². The molecule has 0 atom stereocenters. The minimum Gasteiger partial charge on any atom is -0.323 e. The summed E-state index contributed by atoms with van der Waals surface area (Å²) in [6, 6.07) is 9.58. The van der Waals surface area contributed by atoms with Crippen molar-refractivity contribution in [2.45, 2.75) is 16.8 Å². The summed E-state index contributed by atoms with van der Waals surface area (Å²) in [7, 11) is 0. The Morgan fingerprint density at radius 1 is 1.00 bits per heavy atom. The van der Waals surface area contributed by atoms with Gasteiger partial charge < -0.3 is 5.32 Å². The molecule has 0 aliphatic carbocycles. The maximum Gasteiger partial charge on any atom is 0.150 e. The van der Waals surface area contributed by atoms with Crippen LogP contribution in [0.15, 0.2) is 65.2 Å². The van der Waals surface area contributed by atoms with Crippen LogP contribution in [-0.4, -0.2) is 24.9 Å². The van der Waals surface area contributed by atoms with Crippen LogP contribution in [0.2, 0.25) is 5.02 Å². The number of fused-ring (bicyclic) bond motifs is 1. The van der Waals surface area contributed by atoms with Crippen molar-refractivity contribution < 1.29 is 0 Å². The lowest BCUT2D eigenvalue weighted by Crippen LogP contribution is -1.99. The van der Waals surface area contributed by atoms with Gasteiger partial charge in [0.05, 0.1) is 28.6 Å². The summed E-state index contributed by atoms with van der Waals surface area (Å²) < 4.78 is 0. The van der Waals surface area contributed by atoms with Crippen molar-refractivity contribution in [3.8, 4) is 0 Å². The van der Waals surface area contributed by atoms with Crippen LogP contribution in [0.3, 0.4) is 0 Å². The molecule has 0 saturated heterocycles. The number of nitrogens with zero attached hydrogens (tertiary/aromatic N) is 5. The van der Waals surface area contributed by atoms with Crippen molar-refractivity contribution in [3.05, 3.63) is 66.0 Å². The Bertz CT molecular complexity index is 1070. The van der Waals surface area contributed by atoms with E-state index in [9.17, 15) is 0 Å². The third-order valence-electron chi connectivity index (χ3n) is 3.57. The zero-order valence-corrected chi connectivity index (χ0v) is 15.3. The second kappa shape index (κ2) is 7.23. The summed E-state index contributed by atoms with van der Waals surface area (Å²) in [4.78, 5) is 22.5. The van der Waals surface area contributed by atoms with E-state index in [0.29, 0.717) is 16.7 Å². The zero-order chi connectivity index (χ0) is 17.9. The lowest BCUT2D eigenvalue weighted by Gasteiger charge is -2.09. The number of halogens is 1. The predicted molar refractivity (Wildman–Crippen MR) is 103 cm³/mol. The topological polar surface area (TPSA) is 76.5 Å². The number of hydrogen-bond acceptors (Lipinski definition) is 7. The van der Waals surface area contributed by atoms with Gasteiger partial charge in [0.25, 0.3) is 0 Å². The molecule has 6 nitrogen and oxygen atoms in total. The number of rotatable bonds is 4. The highest BCUT2D eigenvalue weighted by atomic mass is 35.5. The molecular weight excluding hydrogens is 368 g/mol. The van der Waals surface area contributed by atoms with E-state index in [-0.39, 0.29) is 0 Å². The predicted octanol–water partition coefficient (Wildman–Crippen LogP) is 4.67. The number of aryl methyl sites for hydroxylation is 1. The van der Waals surface area contributed by atoms with Gasteiger partial charge >= 0.3 is 0 Å². The molecule has 26 heavy (non-hydrogen) atoms. The molecule has 0 aliphatic heterocycles. The van der Waals surface area contributed by atoms with Gasteiger partial charge in [-0.3, -0.25) is 4.98 Å². The standard InChI is InChI=1S/C18H13ClN6S/c1-11-8-22-16(9-21-11)25-17-13-7-12(4-5-15(13)23-10-24-17)26-18-14(19)3-2-6-20-18/h2-10H,1H3,(H,22,23,24,25). The van der Waals surface area contributed by atoms with Crippen molar-refractivity contribution in [2.75, 3.05) is 5.32 Å². The molecule has 0 unspecified atom stereocenters. The first-order valence-electron chi connectivity index (χ1n) is 7.78. The molecule has 128 valence electrons. The minimum atomic E-state index is 0.621. The van der Waals surface area contributed by atoms with Crippen LogP contribution in [-0.2, 0) is 0 Å². The Morgan fingerprint density at radius 2 is 1.92 bits per heavy atom. The summed E-state index contributed by atoms with van der Waals surface area (Å²) in [6.07, 6.45) is 6.63. The minimum absolute atomic E-state index is 0.621. The van der Waals surface area contributed by atoms with E-state index in [0.717, 1.165) is 26.5 Å². The van der Waals surface area contributed by atoms with Crippen LogP contribution in [0.5, 0.6) is 0 Å². The highest BCUT2D eigenvalue weighted by Crippen LogP contribution is 2.34. The molecule has 0 saturated carbocycles. The molecule has 1 N–H and O–H groups in total. The second-order valence-corrected chi connectivity index (χ2v) is 6.93. The van der Waals surface area contributed by atoms with Gasteiger partial charge in [0.15, 0.2) is 0 Å². The van der Waals surface area contributed by atoms with Crippen LogP contribution in [0.1, 0.15) is 5.69 Å². The van der Waals surface area contributed by atoms with Gasteiger partial charge in [0.2, 0.25) is 0 Å². The van der Waals surface area contributed by atoms with Crippen LogP contribution < -0.4 is 5.32 Å². The Kier molecular flexibility index (Phi) is 4.64. The summed E-state index contributed by atoms with van der Waals surface area (Å²) in [5, 5.41) is 5.46. The molecule has 0 fully saturated rings. The van der Waals surface area contributed by atoms with E-state index < -0.39 is 0 Å². The van der Waals surface area contributed by atoms with Gasteiger partial charge in [0, 0.05) is 16.5 Å². The van der Waals surface area contributed by atoms with Crippen molar-refractivity contribution in [1.82, 2.24) is 24.9 Å². The van der Waals surface area contributed by atoms with Gasteiger partial charge in [-0.25, -0.2) is 19.9 Å². The average molecular weight is 381 g/mol. The van der Waals surface area contributed by atoms with Crippen LogP contribution in [0.25, 0.3) is 10.9 Å². The lowest BCUT2D eigenvalue weighted by molar-refractivity contribution is 1.11. The average Bonchev–Trinajstić information content (AvgIpc) is 2.66. The number of pyridine rings is 1. The van der Waals surface area contributed by atoms with Gasteiger partial charge in [-0.15, -0.1) is 0 Å². The third-order valence-corrected chi connectivity index (χ3v) is 5.00. The fourth-order valence-corrected chi connectivity index (χ4v) is 3.39. The monoisotopic (exact) mass is 380 g/mol. The van der Waals surface area contributed by atoms with E-state index in [1.54, 1.807) is 18.6 Å². The zero-order valence-electron chi connectivity index (χ0n) is 13.7. The van der Waals surface area contributed by atoms with Crippen LogP contribution >= 0.6 is 23.4 Å². The Labute approximate surface area is 159 Å². The first-order valence-corrected chi connectivity index (χ1v) is 8.97. The van der Waals surface area contributed by atoms with Crippen molar-refractivity contribution in [3.63, 3.8) is 0 Å². The number of benzene rings is 1. The Morgan fingerprint density at radius 3 is 2.73 bits per heavy atom. The van der Waals surface area contributed by atoms with E-state index in [1.165, 1.54) is 18.1 Å². The van der Waals surface area contributed by atoms with E-state index in [1.807, 2.05) is 37.3 Å². The normalized spacial score (nSPS) is 10.8. The lowest BCUT2D eigenvalue weighted by atomic mass is 10.2. The molecule has 3 aromatic heterocycles. The molecule has 4 rings (SSSR count). The fraction of sp³-hybridized carbons (Fsp3) is 0.0556. The quantitative estimate of drug-likeness (QED) is 0.551. The Hall–Kier alpha value is -2.77. The highest BCUT2D eigenvalue weighted by molar-refractivity contribution is 7.99. The van der Waals surface area contributed by atoms with Gasteiger partial charge in [-0.1, -0.05) is 23.4 Å². The largest absolute Gasteiger partial charge is 0.323 e. The fourth-order valence-electron chi connectivity index (χ4n) is 2.34. The first kappa shape index (κ1) is 16.7. The van der Waals surface area contributed by atoms with Gasteiger partial charge in [0.1, 0.15) is 23.0 Å². The molecule has 0 aliphatic rings. The van der Waals surface area contributed by atoms with Gasteiger partial charge in [-0.05, 0) is 37.3 Å². The summed E-state index contributed by atoms with van der Waals surface area (Å²) >= 11 is 7.70. The number of hydrogen-bond donors (Lipinski definition) is 1. The van der Waals surface area contributed by atoms with E-state index in [4.69, 9.17) is 11.6 Å². The van der Waals surface area contributed by atoms with Crippen molar-refractivity contribution in [1.29, 1.82) is 0 Å². The molecule has 8 heteroatoms. The molecule has 3 heterocycles. The van der Waals surface area contributed by atoms with E-state index >= 15 is 0 Å². The number of nitrogens with one attached hydrogen (secondary N) is 1. The SMILES string of the molecule is Cc1cnc(Nc2ncnc3ccc(Sc4ncccc4Cl)cc23)cn1. The molecule has 0 radical (unpaired) electrons.